The minimum atomic E-state index is -1.01. The molecule has 1 atom stereocenters. The van der Waals surface area contributed by atoms with E-state index in [0.29, 0.717) is 24.6 Å². The Morgan fingerprint density at radius 2 is 1.95 bits per heavy atom. The normalized spacial score (nSPS) is 11.8. The Morgan fingerprint density at radius 1 is 1.35 bits per heavy atom. The number of carbonyl (C=O) groups is 2. The van der Waals surface area contributed by atoms with E-state index in [9.17, 15) is 9.59 Å². The van der Waals surface area contributed by atoms with Crippen molar-refractivity contribution >= 4 is 17.7 Å². The molecule has 6 heteroatoms. The smallest absolute Gasteiger partial charge is 0.337 e. The van der Waals surface area contributed by atoms with E-state index in [1.54, 1.807) is 24.8 Å². The largest absolute Gasteiger partial charge is 0.478 e. The molecule has 2 N–H and O–H groups in total. The number of nitrogens with zero attached hydrogens (tertiary/aromatic N) is 2. The fourth-order valence-corrected chi connectivity index (χ4v) is 1.96. The van der Waals surface area contributed by atoms with Crippen molar-refractivity contribution < 1.29 is 14.7 Å². The Hall–Kier alpha value is -2.11. The molecule has 0 aliphatic carbocycles. The van der Waals surface area contributed by atoms with Crippen LogP contribution in [-0.4, -0.2) is 46.0 Å². The van der Waals surface area contributed by atoms with Gasteiger partial charge in [-0.15, -0.1) is 0 Å². The molecule has 0 radical (unpaired) electrons. The lowest BCUT2D eigenvalue weighted by Gasteiger charge is -2.23. The summed E-state index contributed by atoms with van der Waals surface area (Å²) in [6.07, 6.45) is 0. The predicted octanol–water partition coefficient (Wildman–Crippen LogP) is 1.76. The zero-order valence-corrected chi connectivity index (χ0v) is 12.3. The number of likely N-dealkylation sites (N-methyl/N-ethyl adjacent to an activating group) is 1. The van der Waals surface area contributed by atoms with Crippen molar-refractivity contribution in [2.75, 3.05) is 18.4 Å². The van der Waals surface area contributed by atoms with E-state index in [2.05, 4.69) is 10.3 Å². The van der Waals surface area contributed by atoms with E-state index in [1.807, 2.05) is 13.8 Å². The van der Waals surface area contributed by atoms with Gasteiger partial charge in [0.05, 0.1) is 11.3 Å². The van der Waals surface area contributed by atoms with E-state index in [0.717, 1.165) is 0 Å². The van der Waals surface area contributed by atoms with Gasteiger partial charge in [-0.25, -0.2) is 9.78 Å². The first kappa shape index (κ1) is 15.9. The number of rotatable bonds is 6. The molecule has 1 aromatic heterocycles. The van der Waals surface area contributed by atoms with E-state index in [4.69, 9.17) is 5.11 Å². The predicted molar refractivity (Wildman–Crippen MR) is 76.9 cm³/mol. The number of pyridine rings is 1. The topological polar surface area (TPSA) is 82.5 Å². The second kappa shape index (κ2) is 6.88. The Kier molecular flexibility index (Phi) is 5.49. The average Bonchev–Trinajstić information content (AvgIpc) is 2.39. The van der Waals surface area contributed by atoms with Crippen molar-refractivity contribution in [3.63, 3.8) is 0 Å². The van der Waals surface area contributed by atoms with Crippen LogP contribution in [0.15, 0.2) is 12.1 Å². The highest BCUT2D eigenvalue weighted by atomic mass is 16.4. The monoisotopic (exact) mass is 279 g/mol. The second-order valence-electron chi connectivity index (χ2n) is 4.51. The molecule has 20 heavy (non-hydrogen) atoms. The standard InChI is InChI=1S/C14H21N3O3/c1-5-17(6-2)13(18)10(4)16-12-8-7-11(14(19)20)9(3)15-12/h7-8,10H,5-6H2,1-4H3,(H,15,16)(H,19,20). The van der Waals surface area contributed by atoms with Gasteiger partial charge in [-0.3, -0.25) is 4.79 Å². The Balaban J connectivity index is 2.81. The van der Waals surface area contributed by atoms with E-state index in [-0.39, 0.29) is 11.5 Å². The van der Waals surface area contributed by atoms with Crippen molar-refractivity contribution in [3.8, 4) is 0 Å². The SMILES string of the molecule is CCN(CC)C(=O)C(C)Nc1ccc(C(=O)O)c(C)n1. The number of hydrogen-bond acceptors (Lipinski definition) is 4. The molecular formula is C14H21N3O3. The highest BCUT2D eigenvalue weighted by Crippen LogP contribution is 2.12. The van der Waals surface area contributed by atoms with Gasteiger partial charge in [-0.2, -0.15) is 0 Å². The van der Waals surface area contributed by atoms with Crippen LogP contribution in [0.1, 0.15) is 36.8 Å². The van der Waals surface area contributed by atoms with E-state index < -0.39 is 12.0 Å². The number of hydrogen-bond donors (Lipinski definition) is 2. The lowest BCUT2D eigenvalue weighted by Crippen LogP contribution is -2.41. The van der Waals surface area contributed by atoms with Crippen LogP contribution < -0.4 is 5.32 Å². The summed E-state index contributed by atoms with van der Waals surface area (Å²) in [5.41, 5.74) is 0.586. The third-order valence-electron chi connectivity index (χ3n) is 3.13. The van der Waals surface area contributed by atoms with Gasteiger partial charge in [0, 0.05) is 13.1 Å². The quantitative estimate of drug-likeness (QED) is 0.829. The van der Waals surface area contributed by atoms with Crippen molar-refractivity contribution in [2.24, 2.45) is 0 Å². The van der Waals surface area contributed by atoms with Gasteiger partial charge >= 0.3 is 5.97 Å². The van der Waals surface area contributed by atoms with Gasteiger partial charge in [-0.1, -0.05) is 0 Å². The maximum absolute atomic E-state index is 12.1. The second-order valence-corrected chi connectivity index (χ2v) is 4.51. The number of carboxylic acid groups (broad SMARTS) is 1. The van der Waals surface area contributed by atoms with Gasteiger partial charge in [0.2, 0.25) is 5.91 Å². The van der Waals surface area contributed by atoms with Crippen LogP contribution >= 0.6 is 0 Å². The number of carboxylic acids is 1. The van der Waals surface area contributed by atoms with Crippen LogP contribution in [0.2, 0.25) is 0 Å². The summed E-state index contributed by atoms with van der Waals surface area (Å²) < 4.78 is 0. The molecule has 1 unspecified atom stereocenters. The first-order valence-corrected chi connectivity index (χ1v) is 6.66. The van der Waals surface area contributed by atoms with E-state index in [1.165, 1.54) is 6.07 Å². The third kappa shape index (κ3) is 3.69. The first-order valence-electron chi connectivity index (χ1n) is 6.66. The minimum Gasteiger partial charge on any atom is -0.478 e. The third-order valence-corrected chi connectivity index (χ3v) is 3.13. The van der Waals surface area contributed by atoms with Crippen molar-refractivity contribution in [3.05, 3.63) is 23.4 Å². The Labute approximate surface area is 118 Å². The van der Waals surface area contributed by atoms with Gasteiger partial charge in [-0.05, 0) is 39.8 Å². The summed E-state index contributed by atoms with van der Waals surface area (Å²) in [6.45, 7) is 8.57. The summed E-state index contributed by atoms with van der Waals surface area (Å²) in [4.78, 5) is 28.9. The molecule has 1 rings (SSSR count). The zero-order valence-electron chi connectivity index (χ0n) is 12.3. The lowest BCUT2D eigenvalue weighted by atomic mass is 10.2. The summed E-state index contributed by atoms with van der Waals surface area (Å²) in [5.74, 6) is -0.508. The molecule has 110 valence electrons. The Morgan fingerprint density at radius 3 is 2.40 bits per heavy atom. The molecule has 0 spiro atoms. The number of aryl methyl sites for hydroxylation is 1. The van der Waals surface area contributed by atoms with Crippen LogP contribution in [-0.2, 0) is 4.79 Å². The molecule has 0 saturated carbocycles. The van der Waals surface area contributed by atoms with Crippen LogP contribution in [0.3, 0.4) is 0 Å². The van der Waals surface area contributed by atoms with Crippen LogP contribution in [0, 0.1) is 6.92 Å². The zero-order chi connectivity index (χ0) is 15.3. The fraction of sp³-hybridized carbons (Fsp3) is 0.500. The number of aromatic nitrogens is 1. The summed E-state index contributed by atoms with van der Waals surface area (Å²) in [6, 6.07) is 2.65. The van der Waals surface area contributed by atoms with Crippen molar-refractivity contribution in [1.82, 2.24) is 9.88 Å². The van der Waals surface area contributed by atoms with E-state index >= 15 is 0 Å². The molecule has 0 fully saturated rings. The molecule has 1 amide bonds. The molecule has 0 aliphatic heterocycles. The molecule has 6 nitrogen and oxygen atoms in total. The molecule has 0 aliphatic rings. The Bertz CT molecular complexity index is 498. The maximum atomic E-state index is 12.1. The number of anilines is 1. The van der Waals surface area contributed by atoms with Gasteiger partial charge in [0.25, 0.3) is 0 Å². The lowest BCUT2D eigenvalue weighted by molar-refractivity contribution is -0.131. The molecular weight excluding hydrogens is 258 g/mol. The summed E-state index contributed by atoms with van der Waals surface area (Å²) in [7, 11) is 0. The van der Waals surface area contributed by atoms with Crippen molar-refractivity contribution in [1.29, 1.82) is 0 Å². The van der Waals surface area contributed by atoms with Crippen LogP contribution in [0.5, 0.6) is 0 Å². The molecule has 1 aromatic rings. The van der Waals surface area contributed by atoms with Gasteiger partial charge in [0.15, 0.2) is 0 Å². The molecule has 0 aromatic carbocycles. The average molecular weight is 279 g/mol. The van der Waals surface area contributed by atoms with Crippen LogP contribution in [0.4, 0.5) is 5.82 Å². The highest BCUT2D eigenvalue weighted by molar-refractivity contribution is 5.89. The summed E-state index contributed by atoms with van der Waals surface area (Å²) >= 11 is 0. The number of amides is 1. The highest BCUT2D eigenvalue weighted by Gasteiger charge is 2.18. The molecule has 0 saturated heterocycles. The number of aromatic carboxylic acids is 1. The van der Waals surface area contributed by atoms with Crippen LogP contribution in [0.25, 0.3) is 0 Å². The minimum absolute atomic E-state index is 0.00300. The number of nitrogens with one attached hydrogen (secondary N) is 1. The molecule has 1 heterocycles. The molecule has 0 bridgehead atoms. The fourth-order valence-electron chi connectivity index (χ4n) is 1.96. The van der Waals surface area contributed by atoms with Crippen molar-refractivity contribution in [2.45, 2.75) is 33.7 Å². The first-order chi connectivity index (χ1) is 9.40. The number of carbonyl (C=O) groups excluding carboxylic acids is 1. The van der Waals surface area contributed by atoms with Gasteiger partial charge < -0.3 is 15.3 Å². The van der Waals surface area contributed by atoms with Gasteiger partial charge in [0.1, 0.15) is 11.9 Å². The maximum Gasteiger partial charge on any atom is 0.337 e. The summed E-state index contributed by atoms with van der Waals surface area (Å²) in [5, 5.41) is 11.9.